The fourth-order valence-corrected chi connectivity index (χ4v) is 2.16. The van der Waals surface area contributed by atoms with Gasteiger partial charge in [-0.1, -0.05) is 32.4 Å². The number of amides is 1. The van der Waals surface area contributed by atoms with E-state index in [1.165, 1.54) is 19.1 Å². The van der Waals surface area contributed by atoms with Gasteiger partial charge in [-0.15, -0.1) is 0 Å². The Morgan fingerprint density at radius 1 is 1.16 bits per heavy atom. The maximum absolute atomic E-state index is 12.3. The summed E-state index contributed by atoms with van der Waals surface area (Å²) in [4.78, 5) is 28.5. The topological polar surface area (TPSA) is 88.5 Å². The summed E-state index contributed by atoms with van der Waals surface area (Å²) < 4.78 is 5.26. The lowest BCUT2D eigenvalue weighted by Crippen LogP contribution is -2.33. The van der Waals surface area contributed by atoms with Crippen LogP contribution in [0.15, 0.2) is 12.1 Å². The Hall–Kier alpha value is -1.66. The fourth-order valence-electron chi connectivity index (χ4n) is 2.01. The summed E-state index contributed by atoms with van der Waals surface area (Å²) in [6.07, 6.45) is -0.286. The van der Waals surface area contributed by atoms with E-state index in [-0.39, 0.29) is 23.3 Å². The molecule has 1 heterocycles. The first kappa shape index (κ1) is 21.4. The molecule has 1 unspecified atom stereocenters. The molecule has 1 aromatic rings. The number of rotatable bonds is 4. The van der Waals surface area contributed by atoms with E-state index in [9.17, 15) is 14.7 Å². The molecule has 6 nitrogen and oxygen atoms in total. The van der Waals surface area contributed by atoms with Crippen LogP contribution >= 0.6 is 11.6 Å². The van der Waals surface area contributed by atoms with Gasteiger partial charge in [0.2, 0.25) is 5.91 Å². The van der Waals surface area contributed by atoms with Crippen molar-refractivity contribution in [3.8, 4) is 0 Å². The van der Waals surface area contributed by atoms with E-state index in [0.717, 1.165) is 0 Å². The monoisotopic (exact) mass is 370 g/mol. The Morgan fingerprint density at radius 2 is 1.72 bits per heavy atom. The van der Waals surface area contributed by atoms with E-state index < -0.39 is 22.6 Å². The molecule has 0 aliphatic carbocycles. The minimum absolute atomic E-state index is 0.126. The standard InChI is InChI=1S/C18H27ClN2O4/c1-16(2,3)15(23)21-14-11(8-9-12(19)20-14)18(7,24)10-13(22)25-17(4,5)6/h8-9,24H,10H2,1-7H3,(H,20,21,23). The normalized spacial score (nSPS) is 14.6. The highest BCUT2D eigenvalue weighted by atomic mass is 35.5. The van der Waals surface area contributed by atoms with Crippen LogP contribution in [0.3, 0.4) is 0 Å². The van der Waals surface area contributed by atoms with Crippen molar-refractivity contribution in [2.45, 2.75) is 66.1 Å². The quantitative estimate of drug-likeness (QED) is 0.623. The minimum atomic E-state index is -1.58. The molecule has 0 aliphatic rings. The second kappa shape index (κ2) is 7.30. The molecular weight excluding hydrogens is 344 g/mol. The van der Waals surface area contributed by atoms with Gasteiger partial charge in [0.15, 0.2) is 0 Å². The number of aromatic nitrogens is 1. The second-order valence-electron chi connectivity index (χ2n) is 8.27. The van der Waals surface area contributed by atoms with Gasteiger partial charge >= 0.3 is 5.97 Å². The molecule has 25 heavy (non-hydrogen) atoms. The number of esters is 1. The number of hydrogen-bond acceptors (Lipinski definition) is 5. The van der Waals surface area contributed by atoms with Crippen LogP contribution in [0.4, 0.5) is 5.82 Å². The van der Waals surface area contributed by atoms with Gasteiger partial charge in [0.25, 0.3) is 0 Å². The summed E-state index contributed by atoms with van der Waals surface area (Å²) in [6.45, 7) is 12.0. The van der Waals surface area contributed by atoms with Gasteiger partial charge in [0, 0.05) is 11.0 Å². The van der Waals surface area contributed by atoms with Crippen LogP contribution in [0.2, 0.25) is 5.15 Å². The molecule has 1 amide bonds. The lowest BCUT2D eigenvalue weighted by molar-refractivity contribution is -0.160. The highest BCUT2D eigenvalue weighted by molar-refractivity contribution is 6.29. The van der Waals surface area contributed by atoms with Gasteiger partial charge in [0.05, 0.1) is 6.42 Å². The highest BCUT2D eigenvalue weighted by Crippen LogP contribution is 2.32. The van der Waals surface area contributed by atoms with E-state index in [0.29, 0.717) is 5.56 Å². The van der Waals surface area contributed by atoms with Crippen molar-refractivity contribution in [1.82, 2.24) is 4.98 Å². The molecule has 1 rings (SSSR count). The number of nitrogens with zero attached hydrogens (tertiary/aromatic N) is 1. The Morgan fingerprint density at radius 3 is 2.20 bits per heavy atom. The van der Waals surface area contributed by atoms with Crippen LogP contribution in [-0.4, -0.2) is 27.6 Å². The van der Waals surface area contributed by atoms with E-state index in [4.69, 9.17) is 16.3 Å². The van der Waals surface area contributed by atoms with Crippen molar-refractivity contribution < 1.29 is 19.4 Å². The fraction of sp³-hybridized carbons (Fsp3) is 0.611. The van der Waals surface area contributed by atoms with Gasteiger partial charge in [-0.05, 0) is 39.8 Å². The van der Waals surface area contributed by atoms with Crippen LogP contribution in [0, 0.1) is 5.41 Å². The number of nitrogens with one attached hydrogen (secondary N) is 1. The average Bonchev–Trinajstić information content (AvgIpc) is 2.33. The third-order valence-corrected chi connectivity index (χ3v) is 3.47. The second-order valence-corrected chi connectivity index (χ2v) is 8.66. The zero-order valence-corrected chi connectivity index (χ0v) is 16.6. The Bertz CT molecular complexity index is 658. The summed E-state index contributed by atoms with van der Waals surface area (Å²) in [5.74, 6) is -0.710. The molecule has 7 heteroatoms. The Kier molecular flexibility index (Phi) is 6.24. The van der Waals surface area contributed by atoms with E-state index in [2.05, 4.69) is 10.3 Å². The SMILES string of the molecule is CC(C)(C)OC(=O)CC(C)(O)c1ccc(Cl)nc1NC(=O)C(C)(C)C. The van der Waals surface area contributed by atoms with Crippen LogP contribution in [0.1, 0.15) is 60.5 Å². The van der Waals surface area contributed by atoms with Gasteiger partial charge in [-0.25, -0.2) is 4.98 Å². The van der Waals surface area contributed by atoms with E-state index >= 15 is 0 Å². The molecule has 1 atom stereocenters. The zero-order chi connectivity index (χ0) is 19.6. The van der Waals surface area contributed by atoms with E-state index in [1.807, 2.05) is 0 Å². The van der Waals surface area contributed by atoms with Crippen LogP contribution in [-0.2, 0) is 19.9 Å². The van der Waals surface area contributed by atoms with Crippen molar-refractivity contribution in [2.24, 2.45) is 5.41 Å². The van der Waals surface area contributed by atoms with E-state index in [1.54, 1.807) is 41.5 Å². The number of aliphatic hydroxyl groups is 1. The molecule has 0 aliphatic heterocycles. The number of halogens is 1. The summed E-state index contributed by atoms with van der Waals surface area (Å²) >= 11 is 5.92. The van der Waals surface area contributed by atoms with Crippen molar-refractivity contribution in [3.63, 3.8) is 0 Å². The third kappa shape index (κ3) is 6.63. The van der Waals surface area contributed by atoms with Crippen molar-refractivity contribution >= 4 is 29.3 Å². The molecule has 0 radical (unpaired) electrons. The first-order valence-electron chi connectivity index (χ1n) is 8.04. The number of carbonyl (C=O) groups is 2. The summed E-state index contributed by atoms with van der Waals surface area (Å²) in [5.41, 5.74) is -2.60. The molecule has 0 saturated carbocycles. The van der Waals surface area contributed by atoms with Crippen molar-refractivity contribution in [2.75, 3.05) is 5.32 Å². The van der Waals surface area contributed by atoms with Crippen LogP contribution < -0.4 is 5.32 Å². The highest BCUT2D eigenvalue weighted by Gasteiger charge is 2.33. The lowest BCUT2D eigenvalue weighted by Gasteiger charge is -2.28. The predicted molar refractivity (Wildman–Crippen MR) is 97.4 cm³/mol. The molecule has 0 fully saturated rings. The minimum Gasteiger partial charge on any atom is -0.460 e. The predicted octanol–water partition coefficient (Wildman–Crippen LogP) is 3.66. The smallest absolute Gasteiger partial charge is 0.309 e. The molecular formula is C18H27ClN2O4. The largest absolute Gasteiger partial charge is 0.460 e. The number of pyridine rings is 1. The maximum atomic E-state index is 12.3. The molecule has 2 N–H and O–H groups in total. The summed E-state index contributed by atoms with van der Waals surface area (Å²) in [6, 6.07) is 3.03. The van der Waals surface area contributed by atoms with Crippen LogP contribution in [0.25, 0.3) is 0 Å². The van der Waals surface area contributed by atoms with Gasteiger partial charge in [-0.2, -0.15) is 0 Å². The Labute approximate surface area is 153 Å². The lowest BCUT2D eigenvalue weighted by atomic mass is 9.91. The summed E-state index contributed by atoms with van der Waals surface area (Å²) in [7, 11) is 0. The average molecular weight is 371 g/mol. The number of ether oxygens (including phenoxy) is 1. The third-order valence-electron chi connectivity index (χ3n) is 3.26. The number of anilines is 1. The number of carbonyl (C=O) groups excluding carboxylic acids is 2. The number of hydrogen-bond donors (Lipinski definition) is 2. The molecule has 0 saturated heterocycles. The molecule has 0 bridgehead atoms. The van der Waals surface area contributed by atoms with Gasteiger partial charge < -0.3 is 15.2 Å². The first-order chi connectivity index (χ1) is 11.1. The molecule has 140 valence electrons. The maximum Gasteiger partial charge on any atom is 0.309 e. The van der Waals surface area contributed by atoms with Crippen LogP contribution in [0.5, 0.6) is 0 Å². The Balaban J connectivity index is 3.14. The van der Waals surface area contributed by atoms with Gasteiger partial charge in [0.1, 0.15) is 22.2 Å². The molecule has 0 aromatic carbocycles. The first-order valence-corrected chi connectivity index (χ1v) is 8.42. The molecule has 0 spiro atoms. The molecule has 1 aromatic heterocycles. The zero-order valence-electron chi connectivity index (χ0n) is 15.9. The van der Waals surface area contributed by atoms with Gasteiger partial charge in [-0.3, -0.25) is 9.59 Å². The van der Waals surface area contributed by atoms with Crippen molar-refractivity contribution in [3.05, 3.63) is 22.8 Å². The van der Waals surface area contributed by atoms with Crippen molar-refractivity contribution in [1.29, 1.82) is 0 Å². The summed E-state index contributed by atoms with van der Waals surface area (Å²) in [5, 5.41) is 13.6.